The van der Waals surface area contributed by atoms with E-state index in [-0.39, 0.29) is 12.3 Å². The number of aromatic nitrogens is 3. The van der Waals surface area contributed by atoms with Crippen LogP contribution < -0.4 is 15.3 Å². The lowest BCUT2D eigenvalue weighted by Crippen LogP contribution is -2.15. The van der Waals surface area contributed by atoms with E-state index >= 15 is 0 Å². The number of nitrogens with zero attached hydrogens (tertiary/aromatic N) is 4. The molecule has 140 valence electrons. The fourth-order valence-electron chi connectivity index (χ4n) is 2.25. The third kappa shape index (κ3) is 4.67. The highest BCUT2D eigenvalue weighted by Crippen LogP contribution is 2.24. The third-order valence-electron chi connectivity index (χ3n) is 3.63. The van der Waals surface area contributed by atoms with Crippen LogP contribution in [0.25, 0.3) is 0 Å². The van der Waals surface area contributed by atoms with Gasteiger partial charge in [-0.25, -0.2) is 4.68 Å². The summed E-state index contributed by atoms with van der Waals surface area (Å²) in [5.41, 5.74) is 0.848. The van der Waals surface area contributed by atoms with E-state index in [4.69, 9.17) is 15.3 Å². The molecule has 0 amide bonds. The average Bonchev–Trinajstić information content (AvgIpc) is 3.04. The molecule has 0 atom stereocenters. The first-order chi connectivity index (χ1) is 13.1. The number of hydrogen-bond donors (Lipinski definition) is 1. The molecule has 0 fully saturated rings. The predicted octanol–water partition coefficient (Wildman–Crippen LogP) is 2.78. The minimum absolute atomic E-state index is 0.0506. The molecule has 1 heterocycles. The van der Waals surface area contributed by atoms with E-state index in [0.29, 0.717) is 28.2 Å². The third-order valence-corrected chi connectivity index (χ3v) is 4.65. The summed E-state index contributed by atoms with van der Waals surface area (Å²) in [4.78, 5) is 10.4. The Morgan fingerprint density at radius 2 is 1.96 bits per heavy atom. The van der Waals surface area contributed by atoms with Crippen LogP contribution in [0.5, 0.6) is 11.5 Å². The molecular formula is C17H17N5O4S. The Kier molecular flexibility index (Phi) is 5.77. The number of nitro benzene ring substituents is 1. The van der Waals surface area contributed by atoms with Crippen LogP contribution in [0.3, 0.4) is 0 Å². The maximum atomic E-state index is 10.8. The fourth-order valence-corrected chi connectivity index (χ4v) is 3.07. The summed E-state index contributed by atoms with van der Waals surface area (Å²) >= 11 is 1.34. The molecule has 0 unspecified atom stereocenters. The molecule has 0 saturated carbocycles. The van der Waals surface area contributed by atoms with Crippen molar-refractivity contribution in [3.63, 3.8) is 0 Å². The van der Waals surface area contributed by atoms with Gasteiger partial charge in [0.15, 0.2) is 5.82 Å². The lowest BCUT2D eigenvalue weighted by Gasteiger charge is -2.07. The zero-order valence-corrected chi connectivity index (χ0v) is 15.3. The summed E-state index contributed by atoms with van der Waals surface area (Å²) in [6.07, 6.45) is 0. The van der Waals surface area contributed by atoms with E-state index in [1.165, 1.54) is 28.6 Å². The highest BCUT2D eigenvalue weighted by atomic mass is 32.2. The molecule has 0 aliphatic carbocycles. The number of benzene rings is 2. The van der Waals surface area contributed by atoms with E-state index in [1.54, 1.807) is 25.3 Å². The minimum Gasteiger partial charge on any atom is -0.497 e. The highest BCUT2D eigenvalue weighted by Gasteiger charge is 2.12. The Balaban J connectivity index is 1.61. The van der Waals surface area contributed by atoms with Crippen molar-refractivity contribution in [2.75, 3.05) is 13.0 Å². The molecule has 10 heteroatoms. The van der Waals surface area contributed by atoms with Gasteiger partial charge in [0.2, 0.25) is 5.16 Å². The van der Waals surface area contributed by atoms with Crippen molar-refractivity contribution < 1.29 is 14.4 Å². The van der Waals surface area contributed by atoms with Crippen molar-refractivity contribution in [1.82, 2.24) is 14.9 Å². The molecule has 0 saturated heterocycles. The molecule has 0 bridgehead atoms. The molecule has 0 spiro atoms. The highest BCUT2D eigenvalue weighted by molar-refractivity contribution is 7.98. The summed E-state index contributed by atoms with van der Waals surface area (Å²) in [5.74, 6) is 8.28. The molecule has 2 N–H and O–H groups in total. The second-order valence-corrected chi connectivity index (χ2v) is 6.39. The van der Waals surface area contributed by atoms with Crippen LogP contribution in [0.15, 0.2) is 53.7 Å². The van der Waals surface area contributed by atoms with Gasteiger partial charge in [0.25, 0.3) is 5.69 Å². The molecule has 9 nitrogen and oxygen atoms in total. The SMILES string of the molecule is COc1cccc(OCc2nnc(SCc3cccc([N+](=O)[O-])c3)n2N)c1. The first-order valence-corrected chi connectivity index (χ1v) is 8.87. The Morgan fingerprint density at radius 1 is 1.19 bits per heavy atom. The number of thioether (sulfide) groups is 1. The van der Waals surface area contributed by atoms with Crippen LogP contribution in [0.1, 0.15) is 11.4 Å². The van der Waals surface area contributed by atoms with Crippen LogP contribution in [-0.2, 0) is 12.4 Å². The molecule has 3 rings (SSSR count). The molecular weight excluding hydrogens is 370 g/mol. The fraction of sp³-hybridized carbons (Fsp3) is 0.176. The van der Waals surface area contributed by atoms with Gasteiger partial charge in [-0.15, -0.1) is 10.2 Å². The Morgan fingerprint density at radius 3 is 2.74 bits per heavy atom. The van der Waals surface area contributed by atoms with Crippen molar-refractivity contribution in [3.8, 4) is 11.5 Å². The van der Waals surface area contributed by atoms with Crippen molar-refractivity contribution >= 4 is 17.4 Å². The molecule has 27 heavy (non-hydrogen) atoms. The summed E-state index contributed by atoms with van der Waals surface area (Å²) in [6, 6.07) is 13.6. The second-order valence-electron chi connectivity index (χ2n) is 5.45. The van der Waals surface area contributed by atoms with Crippen molar-refractivity contribution in [3.05, 3.63) is 70.0 Å². The molecule has 1 aromatic heterocycles. The number of nitrogen functional groups attached to an aromatic ring is 1. The quantitative estimate of drug-likeness (QED) is 0.271. The Hall–Kier alpha value is -3.27. The largest absolute Gasteiger partial charge is 0.497 e. The number of nitrogens with two attached hydrogens (primary N) is 1. The van der Waals surface area contributed by atoms with E-state index in [2.05, 4.69) is 10.2 Å². The summed E-state index contributed by atoms with van der Waals surface area (Å²) < 4.78 is 12.2. The summed E-state index contributed by atoms with van der Waals surface area (Å²) in [5, 5.41) is 19.4. The monoisotopic (exact) mass is 387 g/mol. The number of methoxy groups -OCH3 is 1. The lowest BCUT2D eigenvalue weighted by molar-refractivity contribution is -0.384. The average molecular weight is 387 g/mol. The van der Waals surface area contributed by atoms with Crippen molar-refractivity contribution in [2.24, 2.45) is 0 Å². The topological polar surface area (TPSA) is 118 Å². The van der Waals surface area contributed by atoms with Gasteiger partial charge in [0, 0.05) is 24.0 Å². The summed E-state index contributed by atoms with van der Waals surface area (Å²) in [7, 11) is 1.58. The smallest absolute Gasteiger partial charge is 0.269 e. The van der Waals surface area contributed by atoms with Gasteiger partial charge >= 0.3 is 0 Å². The van der Waals surface area contributed by atoms with Crippen LogP contribution in [0, 0.1) is 10.1 Å². The van der Waals surface area contributed by atoms with E-state index in [0.717, 1.165) is 5.56 Å². The Bertz CT molecular complexity index is 947. The van der Waals surface area contributed by atoms with Crippen LogP contribution >= 0.6 is 11.8 Å². The number of hydrogen-bond acceptors (Lipinski definition) is 8. The van der Waals surface area contributed by atoms with Gasteiger partial charge in [-0.3, -0.25) is 10.1 Å². The van der Waals surface area contributed by atoms with Gasteiger partial charge in [-0.2, -0.15) is 0 Å². The van der Waals surface area contributed by atoms with Crippen molar-refractivity contribution in [2.45, 2.75) is 17.5 Å². The van der Waals surface area contributed by atoms with E-state index in [1.807, 2.05) is 18.2 Å². The molecule has 0 aliphatic heterocycles. The number of rotatable bonds is 8. The maximum absolute atomic E-state index is 10.8. The number of ether oxygens (including phenoxy) is 2. The van der Waals surface area contributed by atoms with Crippen LogP contribution in [0.2, 0.25) is 0 Å². The number of non-ortho nitro benzene ring substituents is 1. The van der Waals surface area contributed by atoms with Gasteiger partial charge in [0.1, 0.15) is 18.1 Å². The lowest BCUT2D eigenvalue weighted by atomic mass is 10.2. The molecule has 0 aliphatic rings. The maximum Gasteiger partial charge on any atom is 0.269 e. The summed E-state index contributed by atoms with van der Waals surface area (Å²) in [6.45, 7) is 0.147. The molecule has 2 aromatic carbocycles. The van der Waals surface area contributed by atoms with Crippen LogP contribution in [-0.4, -0.2) is 26.9 Å². The zero-order valence-electron chi connectivity index (χ0n) is 14.4. The Labute approximate surface area is 159 Å². The minimum atomic E-state index is -0.423. The van der Waals surface area contributed by atoms with Crippen molar-refractivity contribution in [1.29, 1.82) is 0 Å². The zero-order chi connectivity index (χ0) is 19.2. The van der Waals surface area contributed by atoms with E-state index < -0.39 is 4.92 Å². The normalized spacial score (nSPS) is 10.6. The van der Waals surface area contributed by atoms with Gasteiger partial charge in [-0.1, -0.05) is 30.0 Å². The first-order valence-electron chi connectivity index (χ1n) is 7.89. The van der Waals surface area contributed by atoms with Gasteiger partial charge in [-0.05, 0) is 17.7 Å². The predicted molar refractivity (Wildman–Crippen MR) is 100 cm³/mol. The van der Waals surface area contributed by atoms with E-state index in [9.17, 15) is 10.1 Å². The first kappa shape index (κ1) is 18.5. The molecule has 0 radical (unpaired) electrons. The molecule has 3 aromatic rings. The second kappa shape index (κ2) is 8.41. The van der Waals surface area contributed by atoms with Gasteiger partial charge in [0.05, 0.1) is 12.0 Å². The van der Waals surface area contributed by atoms with Crippen LogP contribution in [0.4, 0.5) is 5.69 Å². The van der Waals surface area contributed by atoms with Gasteiger partial charge < -0.3 is 15.3 Å². The number of nitro groups is 1. The standard InChI is InChI=1S/C17H17N5O4S/c1-25-14-6-3-7-15(9-14)26-10-16-19-20-17(21(16)18)27-11-12-4-2-5-13(8-12)22(23)24/h2-9H,10-11,18H2,1H3.